The highest BCUT2D eigenvalue weighted by Gasteiger charge is 2.28. The number of methoxy groups -OCH3 is 1. The monoisotopic (exact) mass is 407 g/mol. The van der Waals surface area contributed by atoms with Crippen molar-refractivity contribution >= 4 is 17.7 Å². The third-order valence-corrected chi connectivity index (χ3v) is 5.23. The Bertz CT molecular complexity index is 1090. The maximum absolute atomic E-state index is 13.1. The Morgan fingerprint density at radius 1 is 1.21 bits per heavy atom. The summed E-state index contributed by atoms with van der Waals surface area (Å²) in [4.78, 5) is 13.1. The SMILES string of the molecule is COc1cccc(OCc2nnc3n2N(C(=O)c2cccc(C#N)c2)CCS3)c1. The molecule has 29 heavy (non-hydrogen) atoms. The molecule has 0 spiro atoms. The molecule has 2 heterocycles. The average Bonchev–Trinajstić information content (AvgIpc) is 3.20. The lowest BCUT2D eigenvalue weighted by Gasteiger charge is -2.29. The number of carbonyl (C=O) groups is 1. The van der Waals surface area contributed by atoms with Crippen LogP contribution in [0.15, 0.2) is 53.7 Å². The zero-order chi connectivity index (χ0) is 20.2. The first-order valence-electron chi connectivity index (χ1n) is 8.86. The van der Waals surface area contributed by atoms with Crippen LogP contribution >= 0.6 is 11.8 Å². The molecule has 0 atom stereocenters. The lowest BCUT2D eigenvalue weighted by atomic mass is 10.1. The highest BCUT2D eigenvalue weighted by Crippen LogP contribution is 2.25. The molecule has 0 saturated carbocycles. The Kier molecular flexibility index (Phi) is 5.35. The van der Waals surface area contributed by atoms with Gasteiger partial charge in [-0.05, 0) is 30.3 Å². The van der Waals surface area contributed by atoms with Crippen molar-refractivity contribution in [3.63, 3.8) is 0 Å². The third kappa shape index (κ3) is 3.88. The second-order valence-electron chi connectivity index (χ2n) is 6.15. The quantitative estimate of drug-likeness (QED) is 0.642. The fourth-order valence-corrected chi connectivity index (χ4v) is 3.82. The summed E-state index contributed by atoms with van der Waals surface area (Å²) >= 11 is 1.53. The van der Waals surface area contributed by atoms with Crippen LogP contribution in [0.3, 0.4) is 0 Å². The summed E-state index contributed by atoms with van der Waals surface area (Å²) in [7, 11) is 1.59. The molecule has 0 unspecified atom stereocenters. The number of nitrogens with zero attached hydrogens (tertiary/aromatic N) is 5. The van der Waals surface area contributed by atoms with E-state index in [0.29, 0.717) is 45.9 Å². The van der Waals surface area contributed by atoms with Crippen molar-refractivity contribution in [2.45, 2.75) is 11.8 Å². The van der Waals surface area contributed by atoms with Crippen LogP contribution in [0, 0.1) is 11.3 Å². The average molecular weight is 407 g/mol. The third-order valence-electron chi connectivity index (χ3n) is 4.33. The fraction of sp³-hybridized carbons (Fsp3) is 0.200. The Morgan fingerprint density at radius 2 is 2.03 bits per heavy atom. The normalized spacial score (nSPS) is 12.8. The maximum Gasteiger partial charge on any atom is 0.272 e. The van der Waals surface area contributed by atoms with Gasteiger partial charge in [-0.25, -0.2) is 9.69 Å². The number of amides is 1. The topological polar surface area (TPSA) is 93.3 Å². The number of rotatable bonds is 5. The van der Waals surface area contributed by atoms with Crippen LogP contribution in [0.1, 0.15) is 21.7 Å². The number of nitriles is 1. The molecular formula is C20H17N5O3S. The van der Waals surface area contributed by atoms with Crippen LogP contribution in [0.2, 0.25) is 0 Å². The first kappa shape index (κ1) is 18.8. The van der Waals surface area contributed by atoms with E-state index < -0.39 is 0 Å². The van der Waals surface area contributed by atoms with Gasteiger partial charge in [0.1, 0.15) is 18.1 Å². The summed E-state index contributed by atoms with van der Waals surface area (Å²) in [5.41, 5.74) is 0.878. The summed E-state index contributed by atoms with van der Waals surface area (Å²) in [6.07, 6.45) is 0. The molecule has 0 radical (unpaired) electrons. The summed E-state index contributed by atoms with van der Waals surface area (Å²) in [5.74, 6) is 2.32. The smallest absolute Gasteiger partial charge is 0.272 e. The number of carbonyl (C=O) groups excluding carboxylic acids is 1. The predicted octanol–water partition coefficient (Wildman–Crippen LogP) is 2.62. The van der Waals surface area contributed by atoms with Crippen molar-refractivity contribution in [2.24, 2.45) is 0 Å². The van der Waals surface area contributed by atoms with Crippen molar-refractivity contribution < 1.29 is 14.3 Å². The van der Waals surface area contributed by atoms with Gasteiger partial charge in [0.25, 0.3) is 5.91 Å². The van der Waals surface area contributed by atoms with Crippen LogP contribution in [0.4, 0.5) is 0 Å². The lowest BCUT2D eigenvalue weighted by Crippen LogP contribution is -2.45. The number of ether oxygens (including phenoxy) is 2. The Labute approximate surface area is 171 Å². The van der Waals surface area contributed by atoms with Crippen LogP contribution in [-0.2, 0) is 6.61 Å². The first-order chi connectivity index (χ1) is 14.2. The lowest BCUT2D eigenvalue weighted by molar-refractivity contribution is 0.0952. The number of hydrogen-bond acceptors (Lipinski definition) is 7. The molecule has 0 aliphatic carbocycles. The molecule has 0 saturated heterocycles. The first-order valence-corrected chi connectivity index (χ1v) is 9.84. The highest BCUT2D eigenvalue weighted by atomic mass is 32.2. The Hall–Kier alpha value is -3.51. The molecule has 1 amide bonds. The zero-order valence-electron chi connectivity index (χ0n) is 15.6. The molecular weight excluding hydrogens is 390 g/mol. The standard InChI is InChI=1S/C20H17N5O3S/c1-27-16-6-3-7-17(11-16)28-13-18-22-23-20-25(18)24(8-9-29-20)19(26)15-5-2-4-14(10-15)12-21/h2-7,10-11H,8-9,13H2,1H3. The van der Waals surface area contributed by atoms with Crippen LogP contribution in [-0.4, -0.2) is 40.2 Å². The second-order valence-corrected chi connectivity index (χ2v) is 7.21. The minimum atomic E-state index is -0.217. The summed E-state index contributed by atoms with van der Waals surface area (Å²) in [5, 5.41) is 19.7. The molecule has 1 aromatic heterocycles. The minimum absolute atomic E-state index is 0.142. The van der Waals surface area contributed by atoms with Crippen LogP contribution < -0.4 is 14.5 Å². The molecule has 0 N–H and O–H groups in total. The van der Waals surface area contributed by atoms with Crippen molar-refractivity contribution in [3.05, 3.63) is 65.5 Å². The van der Waals surface area contributed by atoms with E-state index in [1.165, 1.54) is 11.8 Å². The van der Waals surface area contributed by atoms with Gasteiger partial charge in [-0.1, -0.05) is 23.9 Å². The van der Waals surface area contributed by atoms with E-state index >= 15 is 0 Å². The van der Waals surface area contributed by atoms with Gasteiger partial charge < -0.3 is 9.47 Å². The van der Waals surface area contributed by atoms with Gasteiger partial charge in [0, 0.05) is 17.4 Å². The predicted molar refractivity (Wildman–Crippen MR) is 107 cm³/mol. The van der Waals surface area contributed by atoms with Gasteiger partial charge in [-0.2, -0.15) is 5.26 Å². The summed E-state index contributed by atoms with van der Waals surface area (Å²) < 4.78 is 12.7. The van der Waals surface area contributed by atoms with E-state index in [-0.39, 0.29) is 12.5 Å². The Balaban J connectivity index is 1.59. The van der Waals surface area contributed by atoms with Gasteiger partial charge >= 0.3 is 0 Å². The summed E-state index contributed by atoms with van der Waals surface area (Å²) in [6.45, 7) is 0.639. The largest absolute Gasteiger partial charge is 0.497 e. The number of fused-ring (bicyclic) bond motifs is 1. The van der Waals surface area contributed by atoms with Gasteiger partial charge in [-0.15, -0.1) is 10.2 Å². The highest BCUT2D eigenvalue weighted by molar-refractivity contribution is 7.99. The summed E-state index contributed by atoms with van der Waals surface area (Å²) in [6, 6.07) is 16.0. The molecule has 9 heteroatoms. The van der Waals surface area contributed by atoms with Crippen molar-refractivity contribution in [1.29, 1.82) is 5.26 Å². The van der Waals surface area contributed by atoms with Gasteiger partial charge in [0.05, 0.1) is 25.3 Å². The van der Waals surface area contributed by atoms with Gasteiger partial charge in [0.2, 0.25) is 5.16 Å². The molecule has 2 aromatic carbocycles. The van der Waals surface area contributed by atoms with Crippen molar-refractivity contribution in [1.82, 2.24) is 14.9 Å². The van der Waals surface area contributed by atoms with E-state index in [4.69, 9.17) is 14.7 Å². The van der Waals surface area contributed by atoms with E-state index in [1.54, 1.807) is 47.1 Å². The molecule has 1 aliphatic rings. The molecule has 146 valence electrons. The fourth-order valence-electron chi connectivity index (χ4n) is 2.94. The number of aromatic nitrogens is 3. The molecule has 0 bridgehead atoms. The molecule has 1 aliphatic heterocycles. The second kappa shape index (κ2) is 8.24. The molecule has 0 fully saturated rings. The van der Waals surface area contributed by atoms with Gasteiger partial charge in [0.15, 0.2) is 5.82 Å². The van der Waals surface area contributed by atoms with Crippen LogP contribution in [0.25, 0.3) is 0 Å². The van der Waals surface area contributed by atoms with Crippen LogP contribution in [0.5, 0.6) is 11.5 Å². The minimum Gasteiger partial charge on any atom is -0.497 e. The molecule has 4 rings (SSSR count). The zero-order valence-corrected chi connectivity index (χ0v) is 16.4. The van der Waals surface area contributed by atoms with Gasteiger partial charge in [-0.3, -0.25) is 4.79 Å². The maximum atomic E-state index is 13.1. The molecule has 3 aromatic rings. The molecule has 8 nitrogen and oxygen atoms in total. The van der Waals surface area contributed by atoms with E-state index in [0.717, 1.165) is 0 Å². The van der Waals surface area contributed by atoms with Crippen molar-refractivity contribution in [3.8, 4) is 17.6 Å². The van der Waals surface area contributed by atoms with E-state index in [1.807, 2.05) is 18.2 Å². The Morgan fingerprint density at radius 3 is 2.86 bits per heavy atom. The van der Waals surface area contributed by atoms with E-state index in [2.05, 4.69) is 16.3 Å². The number of benzene rings is 2. The number of thioether (sulfide) groups is 1. The number of hydrogen-bond donors (Lipinski definition) is 0. The van der Waals surface area contributed by atoms with E-state index in [9.17, 15) is 4.79 Å². The van der Waals surface area contributed by atoms with Crippen molar-refractivity contribution in [2.75, 3.05) is 24.4 Å².